The minimum absolute atomic E-state index is 0.0969. The smallest absolute Gasteiger partial charge is 0.0483 e. The lowest BCUT2D eigenvalue weighted by atomic mass is 9.85. The predicted molar refractivity (Wildman–Crippen MR) is 69.4 cm³/mol. The molecule has 0 aliphatic carbocycles. The highest BCUT2D eigenvalue weighted by molar-refractivity contribution is 9.10. The molecule has 3 heteroatoms. The number of hydrogen-bond acceptors (Lipinski definition) is 2. The van der Waals surface area contributed by atoms with Gasteiger partial charge in [-0.15, -0.1) is 0 Å². The van der Waals surface area contributed by atoms with Crippen molar-refractivity contribution in [2.45, 2.75) is 31.2 Å². The monoisotopic (exact) mass is 283 g/mol. The van der Waals surface area contributed by atoms with E-state index in [0.29, 0.717) is 0 Å². The van der Waals surface area contributed by atoms with Crippen LogP contribution >= 0.6 is 15.9 Å². The summed E-state index contributed by atoms with van der Waals surface area (Å²) in [5, 5.41) is 0. The van der Waals surface area contributed by atoms with Gasteiger partial charge in [-0.05, 0) is 37.3 Å². The third kappa shape index (κ3) is 3.06. The minimum atomic E-state index is -0.0969. The fraction of sp³-hybridized carbons (Fsp3) is 0.538. The Balaban J connectivity index is 2.10. The van der Waals surface area contributed by atoms with E-state index in [1.54, 1.807) is 0 Å². The lowest BCUT2D eigenvalue weighted by molar-refractivity contribution is 0.139. The molecule has 1 aromatic carbocycles. The number of halogens is 1. The highest BCUT2D eigenvalue weighted by atomic mass is 79.9. The van der Waals surface area contributed by atoms with Gasteiger partial charge in [-0.3, -0.25) is 0 Å². The molecule has 1 atom stereocenters. The molecule has 1 aromatic rings. The molecule has 0 spiro atoms. The van der Waals surface area contributed by atoms with Crippen molar-refractivity contribution in [1.29, 1.82) is 0 Å². The molecule has 1 heterocycles. The van der Waals surface area contributed by atoms with E-state index in [0.717, 1.165) is 43.4 Å². The fourth-order valence-corrected chi connectivity index (χ4v) is 2.65. The molecule has 2 nitrogen and oxygen atoms in total. The Morgan fingerprint density at radius 1 is 1.25 bits per heavy atom. The van der Waals surface area contributed by atoms with Crippen molar-refractivity contribution in [3.05, 3.63) is 34.3 Å². The van der Waals surface area contributed by atoms with Crippen molar-refractivity contribution in [1.82, 2.24) is 0 Å². The van der Waals surface area contributed by atoms with Crippen molar-refractivity contribution < 1.29 is 4.74 Å². The van der Waals surface area contributed by atoms with E-state index in [1.165, 1.54) is 5.56 Å². The Morgan fingerprint density at radius 3 is 2.88 bits per heavy atom. The van der Waals surface area contributed by atoms with E-state index >= 15 is 0 Å². The van der Waals surface area contributed by atoms with Gasteiger partial charge in [0.05, 0.1) is 0 Å². The molecule has 1 unspecified atom stereocenters. The Labute approximate surface area is 105 Å². The zero-order chi connectivity index (χ0) is 11.4. The normalized spacial score (nSPS) is 26.4. The Bertz CT molecular complexity index is 346. The topological polar surface area (TPSA) is 35.2 Å². The van der Waals surface area contributed by atoms with Crippen LogP contribution in [0.3, 0.4) is 0 Å². The van der Waals surface area contributed by atoms with Crippen molar-refractivity contribution in [2.24, 2.45) is 5.73 Å². The zero-order valence-electron chi connectivity index (χ0n) is 9.42. The van der Waals surface area contributed by atoms with Crippen LogP contribution in [0.25, 0.3) is 0 Å². The van der Waals surface area contributed by atoms with Crippen molar-refractivity contribution >= 4 is 15.9 Å². The summed E-state index contributed by atoms with van der Waals surface area (Å²) >= 11 is 3.58. The molecule has 1 aliphatic rings. The molecule has 0 saturated carbocycles. The van der Waals surface area contributed by atoms with Crippen LogP contribution in [0.1, 0.15) is 24.8 Å². The van der Waals surface area contributed by atoms with Crippen LogP contribution in [0.2, 0.25) is 0 Å². The van der Waals surface area contributed by atoms with Crippen molar-refractivity contribution in [2.75, 3.05) is 13.2 Å². The van der Waals surface area contributed by atoms with Crippen LogP contribution in [0.5, 0.6) is 0 Å². The van der Waals surface area contributed by atoms with Gasteiger partial charge < -0.3 is 10.5 Å². The van der Waals surface area contributed by atoms with Gasteiger partial charge in [0.25, 0.3) is 0 Å². The summed E-state index contributed by atoms with van der Waals surface area (Å²) in [5.74, 6) is 0. The molecule has 1 aliphatic heterocycles. The second kappa shape index (κ2) is 5.30. The van der Waals surface area contributed by atoms with Crippen molar-refractivity contribution in [3.8, 4) is 0 Å². The third-order valence-corrected chi connectivity index (χ3v) is 3.98. The molecule has 0 radical (unpaired) electrons. The summed E-state index contributed by atoms with van der Waals surface area (Å²) in [6.45, 7) is 1.65. The molecular weight excluding hydrogens is 266 g/mol. The van der Waals surface area contributed by atoms with E-state index in [9.17, 15) is 0 Å². The average Bonchev–Trinajstić information content (AvgIpc) is 2.47. The number of nitrogens with two attached hydrogens (primary N) is 1. The molecule has 88 valence electrons. The predicted octanol–water partition coefficient (Wildman–Crippen LogP) is 2.89. The van der Waals surface area contributed by atoms with Crippen LogP contribution < -0.4 is 5.73 Å². The standard InChI is InChI=1S/C13H18BrNO/c14-12-5-2-1-4-11(12)10-13(15)6-3-8-16-9-7-13/h1-2,4-5H,3,6-10,15H2. The van der Waals surface area contributed by atoms with Gasteiger partial charge >= 0.3 is 0 Å². The first kappa shape index (κ1) is 12.1. The first-order valence-electron chi connectivity index (χ1n) is 5.80. The lowest BCUT2D eigenvalue weighted by Crippen LogP contribution is -2.42. The summed E-state index contributed by atoms with van der Waals surface area (Å²) in [5.41, 5.74) is 7.66. The van der Waals surface area contributed by atoms with E-state index < -0.39 is 0 Å². The summed E-state index contributed by atoms with van der Waals surface area (Å²) in [6, 6.07) is 8.32. The molecule has 1 saturated heterocycles. The van der Waals surface area contributed by atoms with Gasteiger partial charge in [0.15, 0.2) is 0 Å². The van der Waals surface area contributed by atoms with Gasteiger partial charge in [-0.25, -0.2) is 0 Å². The summed E-state index contributed by atoms with van der Waals surface area (Å²) in [6.07, 6.45) is 4.00. The highest BCUT2D eigenvalue weighted by Crippen LogP contribution is 2.26. The summed E-state index contributed by atoms with van der Waals surface area (Å²) in [7, 11) is 0. The minimum Gasteiger partial charge on any atom is -0.381 e. The second-order valence-corrected chi connectivity index (χ2v) is 5.45. The Kier molecular flexibility index (Phi) is 4.00. The molecule has 0 aromatic heterocycles. The zero-order valence-corrected chi connectivity index (χ0v) is 11.0. The fourth-order valence-electron chi connectivity index (χ4n) is 2.23. The van der Waals surface area contributed by atoms with Gasteiger partial charge in [0, 0.05) is 23.2 Å². The maximum absolute atomic E-state index is 6.46. The summed E-state index contributed by atoms with van der Waals surface area (Å²) < 4.78 is 6.62. The van der Waals surface area contributed by atoms with Crippen LogP contribution in [0.15, 0.2) is 28.7 Å². The van der Waals surface area contributed by atoms with Crippen molar-refractivity contribution in [3.63, 3.8) is 0 Å². The largest absolute Gasteiger partial charge is 0.381 e. The van der Waals surface area contributed by atoms with Gasteiger partial charge in [-0.2, -0.15) is 0 Å². The SMILES string of the molecule is NC1(Cc2ccccc2Br)CCCOCC1. The maximum atomic E-state index is 6.46. The van der Waals surface area contributed by atoms with Crippen LogP contribution in [0.4, 0.5) is 0 Å². The maximum Gasteiger partial charge on any atom is 0.0483 e. The third-order valence-electron chi connectivity index (χ3n) is 3.21. The second-order valence-electron chi connectivity index (χ2n) is 4.60. The van der Waals surface area contributed by atoms with Gasteiger partial charge in [0.1, 0.15) is 0 Å². The highest BCUT2D eigenvalue weighted by Gasteiger charge is 2.27. The average molecular weight is 284 g/mol. The summed E-state index contributed by atoms with van der Waals surface area (Å²) in [4.78, 5) is 0. The quantitative estimate of drug-likeness (QED) is 0.906. The Morgan fingerprint density at radius 2 is 2.06 bits per heavy atom. The number of benzene rings is 1. The van der Waals surface area contributed by atoms with Gasteiger partial charge in [0.2, 0.25) is 0 Å². The number of hydrogen-bond donors (Lipinski definition) is 1. The lowest BCUT2D eigenvalue weighted by Gasteiger charge is -2.28. The molecule has 2 rings (SSSR count). The molecular formula is C13H18BrNO. The van der Waals surface area contributed by atoms with E-state index in [-0.39, 0.29) is 5.54 Å². The van der Waals surface area contributed by atoms with E-state index in [2.05, 4.69) is 34.1 Å². The molecule has 0 amide bonds. The van der Waals surface area contributed by atoms with Crippen LogP contribution in [-0.2, 0) is 11.2 Å². The van der Waals surface area contributed by atoms with E-state index in [1.807, 2.05) is 6.07 Å². The molecule has 16 heavy (non-hydrogen) atoms. The van der Waals surface area contributed by atoms with Crippen LogP contribution in [0, 0.1) is 0 Å². The Hall–Kier alpha value is -0.380. The van der Waals surface area contributed by atoms with E-state index in [4.69, 9.17) is 10.5 Å². The first-order chi connectivity index (χ1) is 7.70. The number of rotatable bonds is 2. The van der Waals surface area contributed by atoms with Gasteiger partial charge in [-0.1, -0.05) is 34.1 Å². The molecule has 2 N–H and O–H groups in total. The molecule has 1 fully saturated rings. The van der Waals surface area contributed by atoms with Crippen LogP contribution in [-0.4, -0.2) is 18.8 Å². The molecule has 0 bridgehead atoms. The first-order valence-corrected chi connectivity index (χ1v) is 6.59. The number of ether oxygens (including phenoxy) is 1.